The summed E-state index contributed by atoms with van der Waals surface area (Å²) in [5.74, 6) is -0.938. The van der Waals surface area contributed by atoms with Gasteiger partial charge in [-0.2, -0.15) is 0 Å². The zero-order valence-corrected chi connectivity index (χ0v) is 13.9. The number of fused-ring (bicyclic) bond motifs is 2. The number of amides is 1. The van der Waals surface area contributed by atoms with Gasteiger partial charge >= 0.3 is 0 Å². The first-order valence-corrected chi connectivity index (χ1v) is 8.63. The Morgan fingerprint density at radius 1 is 1.33 bits per heavy atom. The number of hydrogen-bond donors (Lipinski definition) is 2. The van der Waals surface area contributed by atoms with Crippen LogP contribution >= 0.6 is 0 Å². The molecule has 0 spiro atoms. The fourth-order valence-corrected chi connectivity index (χ4v) is 3.79. The maximum absolute atomic E-state index is 13.5. The first-order chi connectivity index (χ1) is 11.5. The van der Waals surface area contributed by atoms with Crippen molar-refractivity contribution in [2.24, 2.45) is 5.92 Å². The van der Waals surface area contributed by atoms with Crippen LogP contribution in [0.1, 0.15) is 39.0 Å². The minimum Gasteiger partial charge on any atom is -0.488 e. The highest BCUT2D eigenvalue weighted by Gasteiger charge is 2.34. The summed E-state index contributed by atoms with van der Waals surface area (Å²) in [5, 5.41) is 6.47. The Labute approximate surface area is 141 Å². The van der Waals surface area contributed by atoms with Gasteiger partial charge in [-0.15, -0.1) is 0 Å². The molecule has 4 nitrogen and oxygen atoms in total. The summed E-state index contributed by atoms with van der Waals surface area (Å²) in [6.07, 6.45) is 5.10. The lowest BCUT2D eigenvalue weighted by atomic mass is 9.89. The molecular weight excluding hydrogens is 314 g/mol. The van der Waals surface area contributed by atoms with Gasteiger partial charge in [-0.3, -0.25) is 4.79 Å². The first kappa shape index (κ1) is 17.1. The molecule has 2 bridgehead atoms. The van der Waals surface area contributed by atoms with Crippen molar-refractivity contribution >= 4 is 5.91 Å². The number of carbonyl (C=O) groups excluding carboxylic acids is 1. The molecule has 3 atom stereocenters. The lowest BCUT2D eigenvalue weighted by molar-refractivity contribution is -0.123. The molecule has 24 heavy (non-hydrogen) atoms. The van der Waals surface area contributed by atoms with E-state index in [2.05, 4.69) is 10.6 Å². The highest BCUT2D eigenvalue weighted by atomic mass is 19.1. The molecule has 0 radical (unpaired) electrons. The summed E-state index contributed by atoms with van der Waals surface area (Å²) in [5.41, 5.74) is 0. The maximum Gasteiger partial charge on any atom is 0.220 e. The van der Waals surface area contributed by atoms with E-state index < -0.39 is 11.6 Å². The van der Waals surface area contributed by atoms with Crippen LogP contribution in [-0.4, -0.2) is 30.6 Å². The number of carbonyl (C=O) groups is 1. The Balaban J connectivity index is 1.41. The zero-order valence-electron chi connectivity index (χ0n) is 13.9. The van der Waals surface area contributed by atoms with Crippen molar-refractivity contribution in [3.8, 4) is 5.75 Å². The summed E-state index contributed by atoms with van der Waals surface area (Å²) in [4.78, 5) is 12.2. The molecule has 1 aromatic rings. The van der Waals surface area contributed by atoms with Crippen molar-refractivity contribution < 1.29 is 18.3 Å². The van der Waals surface area contributed by atoms with Crippen LogP contribution in [0.25, 0.3) is 0 Å². The summed E-state index contributed by atoms with van der Waals surface area (Å²) in [6, 6.07) is 4.09. The summed E-state index contributed by atoms with van der Waals surface area (Å²) < 4.78 is 31.7. The highest BCUT2D eigenvalue weighted by Crippen LogP contribution is 2.32. The van der Waals surface area contributed by atoms with Gasteiger partial charge in [0.2, 0.25) is 5.91 Å². The predicted molar refractivity (Wildman–Crippen MR) is 86.7 cm³/mol. The minimum absolute atomic E-state index is 0.00701. The first-order valence-electron chi connectivity index (χ1n) is 8.63. The number of halogens is 2. The van der Waals surface area contributed by atoms with Crippen LogP contribution in [-0.2, 0) is 4.79 Å². The van der Waals surface area contributed by atoms with E-state index in [1.165, 1.54) is 18.9 Å². The van der Waals surface area contributed by atoms with Crippen LogP contribution in [0.5, 0.6) is 5.75 Å². The van der Waals surface area contributed by atoms with Gasteiger partial charge in [-0.05, 0) is 50.7 Å². The standard InChI is InChI=1S/C18H24F2N2O2/c1-11(10-24-17-5-2-13(19)9-16(17)20)21-18(23)8-12-6-14-3-4-15(7-12)22-14/h2,5,9,11-12,14-15,22H,3-4,6-8,10H2,1H3,(H,21,23). The normalized spacial score (nSPS) is 26.9. The maximum atomic E-state index is 13.5. The van der Waals surface area contributed by atoms with Crippen molar-refractivity contribution in [3.05, 3.63) is 29.8 Å². The molecule has 2 saturated heterocycles. The highest BCUT2D eigenvalue weighted by molar-refractivity contribution is 5.76. The lowest BCUT2D eigenvalue weighted by Gasteiger charge is -2.29. The number of ether oxygens (including phenoxy) is 1. The van der Waals surface area contributed by atoms with Crippen LogP contribution in [0.2, 0.25) is 0 Å². The largest absolute Gasteiger partial charge is 0.488 e. The molecule has 6 heteroatoms. The summed E-state index contributed by atoms with van der Waals surface area (Å²) >= 11 is 0. The van der Waals surface area contributed by atoms with Gasteiger partial charge in [0.05, 0.1) is 6.04 Å². The Hall–Kier alpha value is -1.69. The van der Waals surface area contributed by atoms with Crippen LogP contribution < -0.4 is 15.4 Å². The van der Waals surface area contributed by atoms with E-state index in [0.717, 1.165) is 25.0 Å². The molecule has 0 aromatic heterocycles. The third-order valence-corrected chi connectivity index (χ3v) is 4.83. The average Bonchev–Trinajstić information content (AvgIpc) is 2.85. The monoisotopic (exact) mass is 338 g/mol. The van der Waals surface area contributed by atoms with Gasteiger partial charge < -0.3 is 15.4 Å². The molecule has 0 saturated carbocycles. The molecule has 3 unspecified atom stereocenters. The van der Waals surface area contributed by atoms with E-state index in [4.69, 9.17) is 4.74 Å². The molecule has 0 aliphatic carbocycles. The van der Waals surface area contributed by atoms with Crippen molar-refractivity contribution in [2.45, 2.75) is 57.2 Å². The Bertz CT molecular complexity index is 584. The fourth-order valence-electron chi connectivity index (χ4n) is 3.79. The Kier molecular flexibility index (Phi) is 5.33. The number of hydrogen-bond acceptors (Lipinski definition) is 3. The van der Waals surface area contributed by atoms with E-state index in [-0.39, 0.29) is 24.3 Å². The molecule has 132 valence electrons. The molecule has 1 aromatic carbocycles. The lowest BCUT2D eigenvalue weighted by Crippen LogP contribution is -2.42. The third-order valence-electron chi connectivity index (χ3n) is 4.83. The van der Waals surface area contributed by atoms with Crippen molar-refractivity contribution in [1.29, 1.82) is 0 Å². The second kappa shape index (κ2) is 7.47. The SMILES string of the molecule is CC(COc1ccc(F)cc1F)NC(=O)CC1CC2CCC(C1)N2. The topological polar surface area (TPSA) is 50.4 Å². The fraction of sp³-hybridized carbons (Fsp3) is 0.611. The number of nitrogens with one attached hydrogen (secondary N) is 2. The predicted octanol–water partition coefficient (Wildman–Crippen LogP) is 2.77. The van der Waals surface area contributed by atoms with Gasteiger partial charge in [-0.25, -0.2) is 8.78 Å². The number of rotatable bonds is 6. The van der Waals surface area contributed by atoms with E-state index in [1.54, 1.807) is 0 Å². The average molecular weight is 338 g/mol. The van der Waals surface area contributed by atoms with Gasteiger partial charge in [0.1, 0.15) is 12.4 Å². The zero-order chi connectivity index (χ0) is 17.1. The number of piperidine rings is 1. The van der Waals surface area contributed by atoms with Crippen molar-refractivity contribution in [2.75, 3.05) is 6.61 Å². The van der Waals surface area contributed by atoms with E-state index in [9.17, 15) is 13.6 Å². The van der Waals surface area contributed by atoms with E-state index >= 15 is 0 Å². The molecule has 2 N–H and O–H groups in total. The molecule has 2 fully saturated rings. The van der Waals surface area contributed by atoms with Crippen molar-refractivity contribution in [1.82, 2.24) is 10.6 Å². The third kappa shape index (κ3) is 4.44. The van der Waals surface area contributed by atoms with Crippen LogP contribution in [0, 0.1) is 17.6 Å². The molecule has 2 aliphatic heterocycles. The molecule has 2 heterocycles. The van der Waals surface area contributed by atoms with Gasteiger partial charge in [-0.1, -0.05) is 0 Å². The van der Waals surface area contributed by atoms with Crippen molar-refractivity contribution in [3.63, 3.8) is 0 Å². The number of benzene rings is 1. The smallest absolute Gasteiger partial charge is 0.220 e. The Morgan fingerprint density at radius 3 is 2.71 bits per heavy atom. The van der Waals surface area contributed by atoms with E-state index in [0.29, 0.717) is 24.4 Å². The Morgan fingerprint density at radius 2 is 2.04 bits per heavy atom. The quantitative estimate of drug-likeness (QED) is 0.839. The minimum atomic E-state index is -0.737. The van der Waals surface area contributed by atoms with Gasteiger partial charge in [0, 0.05) is 24.6 Å². The van der Waals surface area contributed by atoms with Crippen LogP contribution in [0.3, 0.4) is 0 Å². The molecule has 1 amide bonds. The van der Waals surface area contributed by atoms with E-state index in [1.807, 2.05) is 6.92 Å². The second-order valence-electron chi connectivity index (χ2n) is 7.03. The van der Waals surface area contributed by atoms with Crippen LogP contribution in [0.4, 0.5) is 8.78 Å². The van der Waals surface area contributed by atoms with Gasteiger partial charge in [0.25, 0.3) is 0 Å². The summed E-state index contributed by atoms with van der Waals surface area (Å²) in [6.45, 7) is 1.96. The van der Waals surface area contributed by atoms with Crippen LogP contribution in [0.15, 0.2) is 18.2 Å². The molecular formula is C18H24F2N2O2. The molecule has 3 rings (SSSR count). The van der Waals surface area contributed by atoms with Gasteiger partial charge in [0.15, 0.2) is 11.6 Å². The molecule has 2 aliphatic rings. The summed E-state index contributed by atoms with van der Waals surface area (Å²) in [7, 11) is 0. The second-order valence-corrected chi connectivity index (χ2v) is 7.03.